The fraction of sp³-hybridized carbons (Fsp3) is 0.357. The van der Waals surface area contributed by atoms with Gasteiger partial charge in [0, 0.05) is 0 Å². The highest BCUT2D eigenvalue weighted by atomic mass is 16.3. The van der Waals surface area contributed by atoms with Crippen molar-refractivity contribution < 1.29 is 19.5 Å². The Bertz CT molecular complexity index is 516. The lowest BCUT2D eigenvalue weighted by Gasteiger charge is -2.18. The third-order valence-corrected chi connectivity index (χ3v) is 3.15. The van der Waals surface area contributed by atoms with Crippen molar-refractivity contribution >= 4 is 17.8 Å². The Hall–Kier alpha value is -2.41. The Morgan fingerprint density at radius 2 is 2.05 bits per heavy atom. The Labute approximate surface area is 121 Å². The second-order valence-corrected chi connectivity index (χ2v) is 4.78. The number of hydrogen-bond donors (Lipinski definition) is 3. The molecule has 1 heterocycles. The summed E-state index contributed by atoms with van der Waals surface area (Å²) in [6, 6.07) is 8.39. The van der Waals surface area contributed by atoms with Gasteiger partial charge in [0.1, 0.15) is 6.54 Å². The van der Waals surface area contributed by atoms with Crippen LogP contribution in [-0.2, 0) is 16.0 Å². The molecule has 7 heteroatoms. The van der Waals surface area contributed by atoms with Crippen LogP contribution >= 0.6 is 0 Å². The molecular weight excluding hydrogens is 274 g/mol. The number of hydrogen-bond acceptors (Lipinski definition) is 4. The summed E-state index contributed by atoms with van der Waals surface area (Å²) < 4.78 is 0. The van der Waals surface area contributed by atoms with E-state index in [1.165, 1.54) is 0 Å². The summed E-state index contributed by atoms with van der Waals surface area (Å²) in [7, 11) is 0. The lowest BCUT2D eigenvalue weighted by atomic mass is 10.1. The van der Waals surface area contributed by atoms with Crippen molar-refractivity contribution in [1.82, 2.24) is 15.5 Å². The van der Waals surface area contributed by atoms with Gasteiger partial charge in [0.15, 0.2) is 0 Å². The van der Waals surface area contributed by atoms with E-state index in [1.807, 2.05) is 30.3 Å². The van der Waals surface area contributed by atoms with Crippen LogP contribution in [0.1, 0.15) is 5.56 Å². The van der Waals surface area contributed by atoms with Crippen molar-refractivity contribution in [2.45, 2.75) is 12.5 Å². The van der Waals surface area contributed by atoms with Crippen LogP contribution in [0.25, 0.3) is 0 Å². The van der Waals surface area contributed by atoms with Crippen molar-refractivity contribution in [3.05, 3.63) is 35.9 Å². The number of carbonyl (C=O) groups excluding carboxylic acids is 3. The Morgan fingerprint density at radius 3 is 2.62 bits per heavy atom. The number of imide groups is 1. The minimum atomic E-state index is -0.571. The number of nitrogens with one attached hydrogen (secondary N) is 2. The van der Waals surface area contributed by atoms with Gasteiger partial charge in [-0.1, -0.05) is 30.3 Å². The fourth-order valence-electron chi connectivity index (χ4n) is 2.09. The van der Waals surface area contributed by atoms with E-state index in [0.717, 1.165) is 10.5 Å². The van der Waals surface area contributed by atoms with E-state index in [1.54, 1.807) is 0 Å². The second-order valence-electron chi connectivity index (χ2n) is 4.78. The molecule has 1 fully saturated rings. The summed E-state index contributed by atoms with van der Waals surface area (Å²) in [6.45, 7) is -0.643. The molecule has 0 unspecified atom stereocenters. The molecule has 0 aromatic heterocycles. The number of amides is 4. The molecule has 7 nitrogen and oxygen atoms in total. The van der Waals surface area contributed by atoms with Gasteiger partial charge >= 0.3 is 6.03 Å². The highest BCUT2D eigenvalue weighted by Crippen LogP contribution is 2.03. The Morgan fingerprint density at radius 1 is 1.33 bits per heavy atom. The summed E-state index contributed by atoms with van der Waals surface area (Å²) >= 11 is 0. The van der Waals surface area contributed by atoms with E-state index in [2.05, 4.69) is 10.6 Å². The molecule has 1 aromatic carbocycles. The van der Waals surface area contributed by atoms with Gasteiger partial charge in [-0.25, -0.2) is 4.79 Å². The van der Waals surface area contributed by atoms with Gasteiger partial charge in [-0.2, -0.15) is 0 Å². The highest BCUT2D eigenvalue weighted by Gasteiger charge is 2.30. The van der Waals surface area contributed by atoms with Crippen LogP contribution < -0.4 is 10.6 Å². The van der Waals surface area contributed by atoms with Gasteiger partial charge in [0.05, 0.1) is 19.2 Å². The van der Waals surface area contributed by atoms with Crippen LogP contribution in [0.4, 0.5) is 4.79 Å². The number of carbonyl (C=O) groups is 3. The topological polar surface area (TPSA) is 98.7 Å². The molecule has 0 saturated carbocycles. The zero-order chi connectivity index (χ0) is 15.2. The van der Waals surface area contributed by atoms with Gasteiger partial charge < -0.3 is 15.7 Å². The lowest BCUT2D eigenvalue weighted by Crippen LogP contribution is -2.46. The molecule has 0 bridgehead atoms. The van der Waals surface area contributed by atoms with E-state index in [0.29, 0.717) is 6.42 Å². The maximum Gasteiger partial charge on any atom is 0.325 e. The molecular formula is C14H17N3O4. The predicted molar refractivity (Wildman–Crippen MR) is 74.3 cm³/mol. The minimum Gasteiger partial charge on any atom is -0.394 e. The zero-order valence-electron chi connectivity index (χ0n) is 11.4. The number of aliphatic hydroxyl groups excluding tert-OH is 1. The van der Waals surface area contributed by atoms with Gasteiger partial charge in [0.2, 0.25) is 5.91 Å². The van der Waals surface area contributed by atoms with E-state index in [-0.39, 0.29) is 19.7 Å². The van der Waals surface area contributed by atoms with Gasteiger partial charge in [-0.05, 0) is 12.0 Å². The molecule has 0 radical (unpaired) electrons. The lowest BCUT2D eigenvalue weighted by molar-refractivity contribution is -0.131. The monoisotopic (exact) mass is 291 g/mol. The standard InChI is InChI=1S/C14H17N3O4/c18-9-11(6-10-4-2-1-3-5-10)16-12(19)8-17-13(20)7-15-14(17)21/h1-5,11,18H,6-9H2,(H,15,21)(H,16,19)/t11-/m1/s1. The largest absolute Gasteiger partial charge is 0.394 e. The zero-order valence-corrected chi connectivity index (χ0v) is 11.4. The van der Waals surface area contributed by atoms with Crippen LogP contribution in [-0.4, -0.2) is 53.6 Å². The van der Waals surface area contributed by atoms with Crippen LogP contribution in [0.3, 0.4) is 0 Å². The molecule has 3 N–H and O–H groups in total. The third-order valence-electron chi connectivity index (χ3n) is 3.15. The number of rotatable bonds is 6. The first kappa shape index (κ1) is 15.0. The summed E-state index contributed by atoms with van der Waals surface area (Å²) in [4.78, 5) is 35.4. The maximum absolute atomic E-state index is 11.9. The second kappa shape index (κ2) is 6.85. The van der Waals surface area contributed by atoms with Gasteiger partial charge in [-0.15, -0.1) is 0 Å². The summed E-state index contributed by atoms with van der Waals surface area (Å²) in [5.41, 5.74) is 0.979. The first-order valence-electron chi connectivity index (χ1n) is 6.62. The van der Waals surface area contributed by atoms with Gasteiger partial charge in [0.25, 0.3) is 5.91 Å². The molecule has 2 rings (SSSR count). The average Bonchev–Trinajstić information content (AvgIpc) is 2.79. The van der Waals surface area contributed by atoms with Crippen LogP contribution in [0.5, 0.6) is 0 Å². The molecule has 112 valence electrons. The number of benzene rings is 1. The van der Waals surface area contributed by atoms with E-state index >= 15 is 0 Å². The van der Waals surface area contributed by atoms with Crippen molar-refractivity contribution in [3.63, 3.8) is 0 Å². The Balaban J connectivity index is 1.88. The fourth-order valence-corrected chi connectivity index (χ4v) is 2.09. The van der Waals surface area contributed by atoms with Crippen LogP contribution in [0, 0.1) is 0 Å². The predicted octanol–water partition coefficient (Wildman–Crippen LogP) is -0.742. The van der Waals surface area contributed by atoms with E-state index in [9.17, 15) is 19.5 Å². The summed E-state index contributed by atoms with van der Waals surface area (Å²) in [5, 5.41) is 14.3. The normalized spacial score (nSPS) is 15.8. The molecule has 1 aliphatic rings. The molecule has 1 saturated heterocycles. The smallest absolute Gasteiger partial charge is 0.325 e. The van der Waals surface area contributed by atoms with Crippen molar-refractivity contribution in [2.75, 3.05) is 19.7 Å². The number of nitrogens with zero attached hydrogens (tertiary/aromatic N) is 1. The SMILES string of the molecule is O=C(CN1C(=O)CNC1=O)N[C@@H](CO)Cc1ccccc1. The average molecular weight is 291 g/mol. The third kappa shape index (κ3) is 4.03. The van der Waals surface area contributed by atoms with Crippen LogP contribution in [0.2, 0.25) is 0 Å². The number of urea groups is 1. The molecule has 1 aliphatic heterocycles. The maximum atomic E-state index is 11.9. The van der Waals surface area contributed by atoms with E-state index < -0.39 is 23.9 Å². The highest BCUT2D eigenvalue weighted by molar-refractivity contribution is 6.04. The first-order chi connectivity index (χ1) is 10.1. The number of aliphatic hydroxyl groups is 1. The molecule has 4 amide bonds. The molecule has 0 aliphatic carbocycles. The molecule has 0 spiro atoms. The van der Waals surface area contributed by atoms with Gasteiger partial charge in [-0.3, -0.25) is 14.5 Å². The first-order valence-corrected chi connectivity index (χ1v) is 6.62. The molecule has 1 atom stereocenters. The minimum absolute atomic E-state index is 0.0838. The van der Waals surface area contributed by atoms with E-state index in [4.69, 9.17) is 0 Å². The Kier molecular flexibility index (Phi) is 4.89. The molecule has 21 heavy (non-hydrogen) atoms. The molecule has 1 aromatic rings. The summed E-state index contributed by atoms with van der Waals surface area (Å²) in [5.74, 6) is -0.908. The summed E-state index contributed by atoms with van der Waals surface area (Å²) in [6.07, 6.45) is 0.475. The van der Waals surface area contributed by atoms with Crippen molar-refractivity contribution in [2.24, 2.45) is 0 Å². The quantitative estimate of drug-likeness (QED) is 0.601. The van der Waals surface area contributed by atoms with Crippen molar-refractivity contribution in [3.8, 4) is 0 Å². The van der Waals surface area contributed by atoms with Crippen molar-refractivity contribution in [1.29, 1.82) is 0 Å². The van der Waals surface area contributed by atoms with Crippen LogP contribution in [0.15, 0.2) is 30.3 Å².